The average molecular weight is 182 g/mol. The van der Waals surface area contributed by atoms with Gasteiger partial charge in [-0.05, 0) is 19.8 Å². The molecule has 0 amide bonds. The molecule has 0 bridgehead atoms. The van der Waals surface area contributed by atoms with E-state index in [-0.39, 0.29) is 0 Å². The van der Waals surface area contributed by atoms with E-state index in [9.17, 15) is 0 Å². The number of allylic oxidation sites excluding steroid dienone is 2. The predicted molar refractivity (Wildman–Crippen MR) is 53.7 cm³/mol. The number of hydrogen-bond acceptors (Lipinski definition) is 2. The molecule has 2 heteroatoms. The zero-order valence-electron chi connectivity index (χ0n) is 8.24. The van der Waals surface area contributed by atoms with E-state index in [0.29, 0.717) is 25.4 Å². The fourth-order valence-electron chi connectivity index (χ4n) is 1.43. The molecular formula is C11H18O2. The molecule has 2 nitrogen and oxygen atoms in total. The monoisotopic (exact) mass is 182 g/mol. The minimum atomic E-state index is 0.312. The second-order valence-corrected chi connectivity index (χ2v) is 3.35. The van der Waals surface area contributed by atoms with Gasteiger partial charge in [0.15, 0.2) is 0 Å². The highest BCUT2D eigenvalue weighted by Crippen LogP contribution is 2.18. The Kier molecular flexibility index (Phi) is 4.79. The van der Waals surface area contributed by atoms with Crippen molar-refractivity contribution in [1.82, 2.24) is 0 Å². The molecule has 0 aromatic heterocycles. The first-order valence-corrected chi connectivity index (χ1v) is 4.83. The summed E-state index contributed by atoms with van der Waals surface area (Å²) < 4.78 is 11.0. The SMILES string of the molecule is C=C/C=C/COCC1CCC(C)O1. The van der Waals surface area contributed by atoms with Crippen molar-refractivity contribution >= 4 is 0 Å². The molecule has 1 aliphatic rings. The Morgan fingerprint density at radius 2 is 2.38 bits per heavy atom. The van der Waals surface area contributed by atoms with Crippen LogP contribution in [0.1, 0.15) is 19.8 Å². The van der Waals surface area contributed by atoms with Crippen molar-refractivity contribution in [2.75, 3.05) is 13.2 Å². The Balaban J connectivity index is 2.00. The maximum absolute atomic E-state index is 5.60. The molecule has 0 radical (unpaired) electrons. The standard InChI is InChI=1S/C11H18O2/c1-3-4-5-8-12-9-11-7-6-10(2)13-11/h3-5,10-11H,1,6-9H2,2H3/b5-4+. The van der Waals surface area contributed by atoms with Gasteiger partial charge in [0, 0.05) is 0 Å². The lowest BCUT2D eigenvalue weighted by molar-refractivity contribution is -0.00246. The third-order valence-electron chi connectivity index (χ3n) is 2.11. The summed E-state index contributed by atoms with van der Waals surface area (Å²) >= 11 is 0. The Morgan fingerprint density at radius 3 is 3.00 bits per heavy atom. The van der Waals surface area contributed by atoms with Crippen LogP contribution in [0.3, 0.4) is 0 Å². The van der Waals surface area contributed by atoms with E-state index in [2.05, 4.69) is 13.5 Å². The van der Waals surface area contributed by atoms with E-state index in [1.165, 1.54) is 0 Å². The summed E-state index contributed by atoms with van der Waals surface area (Å²) in [5, 5.41) is 0. The molecule has 13 heavy (non-hydrogen) atoms. The van der Waals surface area contributed by atoms with Gasteiger partial charge >= 0.3 is 0 Å². The maximum Gasteiger partial charge on any atom is 0.0813 e. The number of hydrogen-bond donors (Lipinski definition) is 0. The van der Waals surface area contributed by atoms with E-state index >= 15 is 0 Å². The Morgan fingerprint density at radius 1 is 1.54 bits per heavy atom. The second-order valence-electron chi connectivity index (χ2n) is 3.35. The lowest BCUT2D eigenvalue weighted by Gasteiger charge is -2.10. The smallest absolute Gasteiger partial charge is 0.0813 e. The van der Waals surface area contributed by atoms with Crippen molar-refractivity contribution in [2.45, 2.75) is 32.0 Å². The third-order valence-corrected chi connectivity index (χ3v) is 2.11. The van der Waals surface area contributed by atoms with Gasteiger partial charge in [-0.1, -0.05) is 24.8 Å². The summed E-state index contributed by atoms with van der Waals surface area (Å²) in [6.07, 6.45) is 8.61. The summed E-state index contributed by atoms with van der Waals surface area (Å²) in [6, 6.07) is 0. The highest BCUT2D eigenvalue weighted by molar-refractivity contribution is 4.96. The van der Waals surface area contributed by atoms with Crippen LogP contribution in [0.5, 0.6) is 0 Å². The summed E-state index contributed by atoms with van der Waals surface area (Å²) in [6.45, 7) is 7.05. The van der Waals surface area contributed by atoms with Crippen LogP contribution in [0.4, 0.5) is 0 Å². The van der Waals surface area contributed by atoms with Gasteiger partial charge < -0.3 is 9.47 Å². The van der Waals surface area contributed by atoms with E-state index < -0.39 is 0 Å². The fraction of sp³-hybridized carbons (Fsp3) is 0.636. The van der Waals surface area contributed by atoms with Crippen LogP contribution in [0.2, 0.25) is 0 Å². The molecule has 0 N–H and O–H groups in total. The topological polar surface area (TPSA) is 18.5 Å². The Hall–Kier alpha value is -0.600. The van der Waals surface area contributed by atoms with Crippen LogP contribution < -0.4 is 0 Å². The molecule has 1 heterocycles. The van der Waals surface area contributed by atoms with Crippen molar-refractivity contribution in [3.63, 3.8) is 0 Å². The first kappa shape index (κ1) is 10.5. The van der Waals surface area contributed by atoms with Gasteiger partial charge in [-0.15, -0.1) is 0 Å². The van der Waals surface area contributed by atoms with Crippen molar-refractivity contribution in [1.29, 1.82) is 0 Å². The van der Waals surface area contributed by atoms with Gasteiger partial charge in [-0.25, -0.2) is 0 Å². The molecule has 0 saturated carbocycles. The molecule has 2 unspecified atom stereocenters. The van der Waals surface area contributed by atoms with E-state index in [4.69, 9.17) is 9.47 Å². The molecule has 1 aliphatic heterocycles. The molecule has 2 atom stereocenters. The minimum absolute atomic E-state index is 0.312. The molecular weight excluding hydrogens is 164 g/mol. The summed E-state index contributed by atoms with van der Waals surface area (Å²) in [5.74, 6) is 0. The highest BCUT2D eigenvalue weighted by atomic mass is 16.5. The zero-order valence-corrected chi connectivity index (χ0v) is 8.24. The normalized spacial score (nSPS) is 28.4. The second kappa shape index (κ2) is 5.95. The fourth-order valence-corrected chi connectivity index (χ4v) is 1.43. The first-order valence-electron chi connectivity index (χ1n) is 4.83. The highest BCUT2D eigenvalue weighted by Gasteiger charge is 2.21. The van der Waals surface area contributed by atoms with Crippen LogP contribution in [-0.2, 0) is 9.47 Å². The van der Waals surface area contributed by atoms with Gasteiger partial charge in [0.05, 0.1) is 25.4 Å². The summed E-state index contributed by atoms with van der Waals surface area (Å²) in [4.78, 5) is 0. The lowest BCUT2D eigenvalue weighted by atomic mass is 10.2. The van der Waals surface area contributed by atoms with Gasteiger partial charge in [0.2, 0.25) is 0 Å². The van der Waals surface area contributed by atoms with Crippen LogP contribution >= 0.6 is 0 Å². The largest absolute Gasteiger partial charge is 0.375 e. The summed E-state index contributed by atoms with van der Waals surface area (Å²) in [7, 11) is 0. The van der Waals surface area contributed by atoms with Gasteiger partial charge in [-0.3, -0.25) is 0 Å². The number of ether oxygens (including phenoxy) is 2. The van der Waals surface area contributed by atoms with Crippen LogP contribution in [0.25, 0.3) is 0 Å². The summed E-state index contributed by atoms with van der Waals surface area (Å²) in [5.41, 5.74) is 0. The van der Waals surface area contributed by atoms with Gasteiger partial charge in [0.1, 0.15) is 0 Å². The van der Waals surface area contributed by atoms with E-state index in [0.717, 1.165) is 12.8 Å². The Bertz CT molecular complexity index is 175. The van der Waals surface area contributed by atoms with Gasteiger partial charge in [-0.2, -0.15) is 0 Å². The molecule has 0 aromatic rings. The molecule has 0 aliphatic carbocycles. The quantitative estimate of drug-likeness (QED) is 0.480. The molecule has 0 spiro atoms. The van der Waals surface area contributed by atoms with Gasteiger partial charge in [0.25, 0.3) is 0 Å². The average Bonchev–Trinajstić information content (AvgIpc) is 2.51. The molecule has 1 fully saturated rings. The van der Waals surface area contributed by atoms with Crippen molar-refractivity contribution < 1.29 is 9.47 Å². The first-order chi connectivity index (χ1) is 6.33. The predicted octanol–water partition coefficient (Wildman–Crippen LogP) is 2.31. The Labute approximate surface area is 80.2 Å². The molecule has 1 rings (SSSR count). The van der Waals surface area contributed by atoms with Crippen LogP contribution in [0.15, 0.2) is 24.8 Å². The lowest BCUT2D eigenvalue weighted by Crippen LogP contribution is -2.15. The minimum Gasteiger partial charge on any atom is -0.375 e. The van der Waals surface area contributed by atoms with Crippen molar-refractivity contribution in [3.8, 4) is 0 Å². The van der Waals surface area contributed by atoms with E-state index in [1.54, 1.807) is 6.08 Å². The van der Waals surface area contributed by atoms with Crippen molar-refractivity contribution in [2.24, 2.45) is 0 Å². The molecule has 1 saturated heterocycles. The number of rotatable bonds is 5. The van der Waals surface area contributed by atoms with Crippen molar-refractivity contribution in [3.05, 3.63) is 24.8 Å². The zero-order chi connectivity index (χ0) is 9.52. The molecule has 74 valence electrons. The van der Waals surface area contributed by atoms with Crippen LogP contribution in [0, 0.1) is 0 Å². The van der Waals surface area contributed by atoms with Crippen LogP contribution in [-0.4, -0.2) is 25.4 Å². The van der Waals surface area contributed by atoms with E-state index in [1.807, 2.05) is 12.2 Å². The third kappa shape index (κ3) is 4.25. The molecule has 0 aromatic carbocycles. The maximum atomic E-state index is 5.60.